The third-order valence-electron chi connectivity index (χ3n) is 6.08. The number of amides is 2. The summed E-state index contributed by atoms with van der Waals surface area (Å²) in [5.74, 6) is -0.0540. The number of carbonyl (C=O) groups is 2. The molecule has 6 nitrogen and oxygen atoms in total. The number of aromatic amines is 1. The van der Waals surface area contributed by atoms with Gasteiger partial charge in [0.05, 0.1) is 7.11 Å². The molecule has 0 saturated carbocycles. The van der Waals surface area contributed by atoms with Crippen molar-refractivity contribution >= 4 is 28.3 Å². The summed E-state index contributed by atoms with van der Waals surface area (Å²) in [6.45, 7) is 4.87. The number of rotatable bonds is 6. The molecule has 2 N–H and O–H groups in total. The van der Waals surface area contributed by atoms with E-state index in [2.05, 4.69) is 10.3 Å². The van der Waals surface area contributed by atoms with Crippen molar-refractivity contribution in [2.45, 2.75) is 26.3 Å². The molecule has 7 heteroatoms. The van der Waals surface area contributed by atoms with Gasteiger partial charge in [-0.2, -0.15) is 0 Å². The molecule has 172 valence electrons. The molecule has 0 aliphatic carbocycles. The van der Waals surface area contributed by atoms with Gasteiger partial charge in [0.2, 0.25) is 5.91 Å². The van der Waals surface area contributed by atoms with Crippen LogP contribution in [0.2, 0.25) is 0 Å². The fraction of sp³-hybridized carbons (Fsp3) is 0.308. The van der Waals surface area contributed by atoms with Crippen LogP contribution in [0.1, 0.15) is 36.2 Å². The number of hydrogen-bond acceptors (Lipinski definition) is 3. The van der Waals surface area contributed by atoms with Crippen molar-refractivity contribution in [2.24, 2.45) is 5.92 Å². The average Bonchev–Trinajstić information content (AvgIpc) is 3.25. The lowest BCUT2D eigenvalue weighted by Crippen LogP contribution is -2.52. The van der Waals surface area contributed by atoms with Crippen LogP contribution in [0.25, 0.3) is 16.5 Å². The number of hydrogen-bond donors (Lipinski definition) is 2. The standard InChI is InChI=1S/C26H28FN3O3/c1-16(2)24(29-25(31)18-4-7-20(33-3)8-5-18)26(32)30-12-10-17(11-13-30)22-15-28-23-14-19(27)6-9-21(22)23/h4-10,14-16,24,28H,11-13H2,1-3H3,(H,29,31). The van der Waals surface area contributed by atoms with Gasteiger partial charge in [0, 0.05) is 41.3 Å². The Morgan fingerprint density at radius 1 is 1.15 bits per heavy atom. The molecule has 2 aromatic carbocycles. The van der Waals surface area contributed by atoms with Crippen molar-refractivity contribution in [2.75, 3.05) is 20.2 Å². The normalized spacial score (nSPS) is 14.8. The number of aromatic nitrogens is 1. The van der Waals surface area contributed by atoms with Gasteiger partial charge in [-0.05, 0) is 60.4 Å². The molecule has 0 saturated heterocycles. The summed E-state index contributed by atoms with van der Waals surface area (Å²) in [6, 6.07) is 10.9. The molecule has 0 spiro atoms. The fourth-order valence-electron chi connectivity index (χ4n) is 4.16. The first-order valence-electron chi connectivity index (χ1n) is 11.1. The molecule has 0 fully saturated rings. The topological polar surface area (TPSA) is 74.4 Å². The van der Waals surface area contributed by atoms with Crippen LogP contribution in [-0.2, 0) is 4.79 Å². The lowest BCUT2D eigenvalue weighted by molar-refractivity contribution is -0.133. The van der Waals surface area contributed by atoms with Crippen LogP contribution in [0.5, 0.6) is 5.75 Å². The van der Waals surface area contributed by atoms with Crippen molar-refractivity contribution in [3.8, 4) is 5.75 Å². The Morgan fingerprint density at radius 3 is 2.55 bits per heavy atom. The van der Waals surface area contributed by atoms with Gasteiger partial charge in [0.15, 0.2) is 0 Å². The minimum absolute atomic E-state index is 0.0615. The molecule has 1 atom stereocenters. The van der Waals surface area contributed by atoms with E-state index in [1.165, 1.54) is 12.1 Å². The lowest BCUT2D eigenvalue weighted by Gasteiger charge is -2.32. The van der Waals surface area contributed by atoms with E-state index in [1.54, 1.807) is 42.3 Å². The van der Waals surface area contributed by atoms with Crippen LogP contribution in [0.15, 0.2) is 54.7 Å². The number of carbonyl (C=O) groups excluding carboxylic acids is 2. The third-order valence-corrected chi connectivity index (χ3v) is 6.08. The molecule has 2 heterocycles. The highest BCUT2D eigenvalue weighted by atomic mass is 19.1. The highest BCUT2D eigenvalue weighted by Gasteiger charge is 2.30. The predicted molar refractivity (Wildman–Crippen MR) is 127 cm³/mol. The first-order chi connectivity index (χ1) is 15.9. The van der Waals surface area contributed by atoms with Gasteiger partial charge in [0.1, 0.15) is 17.6 Å². The molecule has 3 aromatic rings. The summed E-state index contributed by atoms with van der Waals surface area (Å²) >= 11 is 0. The molecule has 1 unspecified atom stereocenters. The number of nitrogens with one attached hydrogen (secondary N) is 2. The predicted octanol–water partition coefficient (Wildman–Crippen LogP) is 4.39. The first-order valence-corrected chi connectivity index (χ1v) is 11.1. The van der Waals surface area contributed by atoms with Crippen molar-refractivity contribution in [3.63, 3.8) is 0 Å². The van der Waals surface area contributed by atoms with Gasteiger partial charge in [-0.3, -0.25) is 9.59 Å². The van der Waals surface area contributed by atoms with E-state index in [4.69, 9.17) is 4.74 Å². The molecule has 1 aromatic heterocycles. The first kappa shape index (κ1) is 22.6. The summed E-state index contributed by atoms with van der Waals surface area (Å²) in [5, 5.41) is 3.87. The van der Waals surface area contributed by atoms with Crippen LogP contribution in [0.4, 0.5) is 4.39 Å². The highest BCUT2D eigenvalue weighted by molar-refractivity contribution is 5.98. The maximum Gasteiger partial charge on any atom is 0.251 e. The van der Waals surface area contributed by atoms with E-state index in [0.29, 0.717) is 30.8 Å². The summed E-state index contributed by atoms with van der Waals surface area (Å²) in [5.41, 5.74) is 3.39. The van der Waals surface area contributed by atoms with Crippen molar-refractivity contribution in [1.82, 2.24) is 15.2 Å². The summed E-state index contributed by atoms with van der Waals surface area (Å²) in [7, 11) is 1.57. The minimum atomic E-state index is -0.620. The number of benzene rings is 2. The van der Waals surface area contributed by atoms with Gasteiger partial charge in [0.25, 0.3) is 5.91 Å². The van der Waals surface area contributed by atoms with Crippen LogP contribution >= 0.6 is 0 Å². The highest BCUT2D eigenvalue weighted by Crippen LogP contribution is 2.30. The smallest absolute Gasteiger partial charge is 0.251 e. The summed E-state index contributed by atoms with van der Waals surface area (Å²) in [4.78, 5) is 30.9. The fourth-order valence-corrected chi connectivity index (χ4v) is 4.16. The molecule has 1 aliphatic heterocycles. The van der Waals surface area contributed by atoms with Gasteiger partial charge in [-0.15, -0.1) is 0 Å². The molecule has 2 amide bonds. The van der Waals surface area contributed by atoms with Gasteiger partial charge >= 0.3 is 0 Å². The van der Waals surface area contributed by atoms with E-state index in [9.17, 15) is 14.0 Å². The van der Waals surface area contributed by atoms with Crippen molar-refractivity contribution in [3.05, 3.63) is 71.7 Å². The lowest BCUT2D eigenvalue weighted by atomic mass is 9.97. The number of nitrogens with zero attached hydrogens (tertiary/aromatic N) is 1. The molecular formula is C26H28FN3O3. The van der Waals surface area contributed by atoms with Crippen molar-refractivity contribution < 1.29 is 18.7 Å². The zero-order valence-corrected chi connectivity index (χ0v) is 19.0. The van der Waals surface area contributed by atoms with E-state index in [0.717, 1.165) is 22.0 Å². The van der Waals surface area contributed by atoms with Gasteiger partial charge < -0.3 is 19.9 Å². The van der Waals surface area contributed by atoms with E-state index >= 15 is 0 Å². The second-order valence-electron chi connectivity index (χ2n) is 8.58. The number of halogens is 1. The number of ether oxygens (including phenoxy) is 1. The third kappa shape index (κ3) is 4.77. The number of methoxy groups -OCH3 is 1. The summed E-state index contributed by atoms with van der Waals surface area (Å²) in [6.07, 6.45) is 4.61. The van der Waals surface area contributed by atoms with E-state index in [-0.39, 0.29) is 23.5 Å². The van der Waals surface area contributed by atoms with Crippen LogP contribution in [0.3, 0.4) is 0 Å². The maximum absolute atomic E-state index is 13.5. The SMILES string of the molecule is COc1ccc(C(=O)NC(C(=O)N2CC=C(c3c[nH]c4cc(F)ccc34)CC2)C(C)C)cc1. The van der Waals surface area contributed by atoms with Crippen molar-refractivity contribution in [1.29, 1.82) is 0 Å². The zero-order chi connectivity index (χ0) is 23.5. The van der Waals surface area contributed by atoms with Crippen LogP contribution in [0, 0.1) is 11.7 Å². The van der Waals surface area contributed by atoms with Crippen LogP contribution < -0.4 is 10.1 Å². The molecular weight excluding hydrogens is 421 g/mol. The quantitative estimate of drug-likeness (QED) is 0.586. The Bertz CT molecular complexity index is 1200. The minimum Gasteiger partial charge on any atom is -0.497 e. The Morgan fingerprint density at radius 2 is 1.91 bits per heavy atom. The molecule has 0 radical (unpaired) electrons. The average molecular weight is 450 g/mol. The second-order valence-corrected chi connectivity index (χ2v) is 8.58. The van der Waals surface area contributed by atoms with Gasteiger partial charge in [-0.25, -0.2) is 4.39 Å². The molecule has 4 rings (SSSR count). The van der Waals surface area contributed by atoms with E-state index in [1.807, 2.05) is 26.1 Å². The monoisotopic (exact) mass is 449 g/mol. The Kier molecular flexibility index (Phi) is 6.49. The summed E-state index contributed by atoms with van der Waals surface area (Å²) < 4.78 is 18.6. The molecule has 1 aliphatic rings. The number of fused-ring (bicyclic) bond motifs is 1. The Balaban J connectivity index is 1.45. The Hall–Kier alpha value is -3.61. The Labute approximate surface area is 192 Å². The largest absolute Gasteiger partial charge is 0.497 e. The second kappa shape index (κ2) is 9.48. The zero-order valence-electron chi connectivity index (χ0n) is 19.0. The maximum atomic E-state index is 13.5. The molecule has 33 heavy (non-hydrogen) atoms. The van der Waals surface area contributed by atoms with Gasteiger partial charge in [-0.1, -0.05) is 19.9 Å². The van der Waals surface area contributed by atoms with E-state index < -0.39 is 6.04 Å². The molecule has 0 bridgehead atoms. The van der Waals surface area contributed by atoms with Crippen LogP contribution in [-0.4, -0.2) is 47.9 Å². The number of H-pyrrole nitrogens is 1.